The summed E-state index contributed by atoms with van der Waals surface area (Å²) in [5.41, 5.74) is 0. The molecule has 1 N–H and O–H groups in total. The summed E-state index contributed by atoms with van der Waals surface area (Å²) in [6.45, 7) is 2.48. The standard InChI is InChI=1S/C17H31NO/c19-17-11-3-1-2-8-15(17)13-18-12-6-9-14-7-4-5-10-16(14)18/h14-17,19H,1-13H2. The molecule has 2 nitrogen and oxygen atoms in total. The summed E-state index contributed by atoms with van der Waals surface area (Å²) in [6.07, 6.45) is 14.8. The van der Waals surface area contributed by atoms with Crippen LogP contribution < -0.4 is 0 Å². The number of aliphatic hydroxyl groups is 1. The minimum absolute atomic E-state index is 0.0218. The van der Waals surface area contributed by atoms with Crippen molar-refractivity contribution in [1.29, 1.82) is 0 Å². The molecular formula is C17H31NO. The first kappa shape index (κ1) is 13.9. The maximum absolute atomic E-state index is 10.3. The van der Waals surface area contributed by atoms with Gasteiger partial charge in [0.1, 0.15) is 0 Å². The molecule has 4 atom stereocenters. The Morgan fingerprint density at radius 2 is 1.53 bits per heavy atom. The highest BCUT2D eigenvalue weighted by Gasteiger charge is 2.35. The van der Waals surface area contributed by atoms with E-state index in [1.54, 1.807) is 0 Å². The molecule has 0 aromatic rings. The van der Waals surface area contributed by atoms with Crippen molar-refractivity contribution in [2.75, 3.05) is 13.1 Å². The Kier molecular flexibility index (Phi) is 4.81. The fourth-order valence-corrected chi connectivity index (χ4v) is 4.83. The smallest absolute Gasteiger partial charge is 0.0580 e. The monoisotopic (exact) mass is 265 g/mol. The van der Waals surface area contributed by atoms with Gasteiger partial charge in [-0.05, 0) is 56.9 Å². The quantitative estimate of drug-likeness (QED) is 0.771. The van der Waals surface area contributed by atoms with Crippen molar-refractivity contribution in [3.63, 3.8) is 0 Å². The van der Waals surface area contributed by atoms with E-state index in [2.05, 4.69) is 4.90 Å². The summed E-state index contributed by atoms with van der Waals surface area (Å²) in [7, 11) is 0. The van der Waals surface area contributed by atoms with Crippen LogP contribution >= 0.6 is 0 Å². The van der Waals surface area contributed by atoms with Crippen molar-refractivity contribution in [2.45, 2.75) is 82.8 Å². The lowest BCUT2D eigenvalue weighted by Crippen LogP contribution is -2.49. The van der Waals surface area contributed by atoms with Crippen LogP contribution in [0, 0.1) is 11.8 Å². The van der Waals surface area contributed by atoms with Crippen molar-refractivity contribution >= 4 is 0 Å². The maximum Gasteiger partial charge on any atom is 0.0580 e. The molecule has 1 saturated heterocycles. The molecule has 110 valence electrons. The number of hydrogen-bond donors (Lipinski definition) is 1. The molecule has 2 saturated carbocycles. The predicted molar refractivity (Wildman–Crippen MR) is 79.1 cm³/mol. The van der Waals surface area contributed by atoms with Crippen LogP contribution in [0.2, 0.25) is 0 Å². The van der Waals surface area contributed by atoms with Gasteiger partial charge in [0, 0.05) is 12.6 Å². The van der Waals surface area contributed by atoms with Crippen LogP contribution in [0.15, 0.2) is 0 Å². The normalized spacial score (nSPS) is 41.5. The second kappa shape index (κ2) is 6.58. The molecule has 0 aromatic carbocycles. The number of aliphatic hydroxyl groups excluding tert-OH is 1. The van der Waals surface area contributed by atoms with E-state index < -0.39 is 0 Å². The van der Waals surface area contributed by atoms with E-state index in [0.717, 1.165) is 18.4 Å². The van der Waals surface area contributed by atoms with Gasteiger partial charge in [0.2, 0.25) is 0 Å². The zero-order chi connectivity index (χ0) is 13.1. The van der Waals surface area contributed by atoms with Crippen molar-refractivity contribution < 1.29 is 5.11 Å². The third-order valence-electron chi connectivity index (χ3n) is 5.95. The molecule has 2 heteroatoms. The first-order valence-corrected chi connectivity index (χ1v) is 8.77. The molecule has 3 aliphatic rings. The first-order valence-electron chi connectivity index (χ1n) is 8.77. The molecule has 0 amide bonds. The molecular weight excluding hydrogens is 234 g/mol. The lowest BCUT2D eigenvalue weighted by atomic mass is 9.78. The number of fused-ring (bicyclic) bond motifs is 1. The predicted octanol–water partition coefficient (Wildman–Crippen LogP) is 3.58. The van der Waals surface area contributed by atoms with Gasteiger partial charge in [0.25, 0.3) is 0 Å². The Labute approximate surface area is 118 Å². The Bertz CT molecular complexity index is 278. The molecule has 3 rings (SSSR count). The number of nitrogens with zero attached hydrogens (tertiary/aromatic N) is 1. The van der Waals surface area contributed by atoms with Crippen molar-refractivity contribution in [3.05, 3.63) is 0 Å². The highest BCUT2D eigenvalue weighted by Crippen LogP contribution is 2.36. The molecule has 1 heterocycles. The Morgan fingerprint density at radius 3 is 2.47 bits per heavy atom. The summed E-state index contributed by atoms with van der Waals surface area (Å²) in [5, 5.41) is 10.3. The number of rotatable bonds is 2. The summed E-state index contributed by atoms with van der Waals surface area (Å²) in [6, 6.07) is 0.859. The first-order chi connectivity index (χ1) is 9.34. The average Bonchev–Trinajstić information content (AvgIpc) is 2.65. The van der Waals surface area contributed by atoms with E-state index in [9.17, 15) is 5.11 Å². The van der Waals surface area contributed by atoms with Crippen LogP contribution in [0.1, 0.15) is 70.6 Å². The topological polar surface area (TPSA) is 23.5 Å². The molecule has 0 aromatic heterocycles. The zero-order valence-corrected chi connectivity index (χ0v) is 12.4. The van der Waals surface area contributed by atoms with E-state index in [-0.39, 0.29) is 6.10 Å². The van der Waals surface area contributed by atoms with Gasteiger partial charge < -0.3 is 5.11 Å². The van der Waals surface area contributed by atoms with E-state index >= 15 is 0 Å². The van der Waals surface area contributed by atoms with E-state index in [1.807, 2.05) is 0 Å². The van der Waals surface area contributed by atoms with Gasteiger partial charge in [-0.3, -0.25) is 4.90 Å². The Morgan fingerprint density at radius 1 is 0.789 bits per heavy atom. The minimum Gasteiger partial charge on any atom is -0.393 e. The zero-order valence-electron chi connectivity index (χ0n) is 12.4. The molecule has 1 aliphatic heterocycles. The van der Waals surface area contributed by atoms with E-state index in [4.69, 9.17) is 0 Å². The van der Waals surface area contributed by atoms with Crippen LogP contribution in [0.4, 0.5) is 0 Å². The van der Waals surface area contributed by atoms with Gasteiger partial charge in [-0.1, -0.05) is 32.1 Å². The van der Waals surface area contributed by atoms with Gasteiger partial charge in [-0.2, -0.15) is 0 Å². The second-order valence-electron chi connectivity index (χ2n) is 7.21. The van der Waals surface area contributed by atoms with Gasteiger partial charge in [0.05, 0.1) is 6.10 Å². The largest absolute Gasteiger partial charge is 0.393 e. The van der Waals surface area contributed by atoms with E-state index in [1.165, 1.54) is 77.3 Å². The highest BCUT2D eigenvalue weighted by molar-refractivity contribution is 4.89. The number of hydrogen-bond acceptors (Lipinski definition) is 2. The summed E-state index contributed by atoms with van der Waals surface area (Å²) < 4.78 is 0. The molecule has 19 heavy (non-hydrogen) atoms. The van der Waals surface area contributed by atoms with Gasteiger partial charge >= 0.3 is 0 Å². The van der Waals surface area contributed by atoms with Crippen LogP contribution in [-0.4, -0.2) is 35.2 Å². The van der Waals surface area contributed by atoms with Crippen LogP contribution in [0.25, 0.3) is 0 Å². The lowest BCUT2D eigenvalue weighted by Gasteiger charge is -2.45. The summed E-state index contributed by atoms with van der Waals surface area (Å²) in [4.78, 5) is 2.77. The third-order valence-corrected chi connectivity index (χ3v) is 5.95. The van der Waals surface area contributed by atoms with Crippen molar-refractivity contribution in [2.24, 2.45) is 11.8 Å². The average molecular weight is 265 g/mol. The number of piperidine rings is 1. The molecule has 0 radical (unpaired) electrons. The van der Waals surface area contributed by atoms with Crippen LogP contribution in [0.3, 0.4) is 0 Å². The van der Waals surface area contributed by atoms with Crippen molar-refractivity contribution in [1.82, 2.24) is 4.90 Å². The molecule has 0 spiro atoms. The minimum atomic E-state index is -0.0218. The van der Waals surface area contributed by atoms with Gasteiger partial charge in [-0.25, -0.2) is 0 Å². The molecule has 2 aliphatic carbocycles. The van der Waals surface area contributed by atoms with Gasteiger partial charge in [-0.15, -0.1) is 0 Å². The fourth-order valence-electron chi connectivity index (χ4n) is 4.83. The van der Waals surface area contributed by atoms with E-state index in [0.29, 0.717) is 5.92 Å². The summed E-state index contributed by atoms with van der Waals surface area (Å²) >= 11 is 0. The van der Waals surface area contributed by atoms with Crippen molar-refractivity contribution in [3.8, 4) is 0 Å². The maximum atomic E-state index is 10.3. The van der Waals surface area contributed by atoms with Gasteiger partial charge in [0.15, 0.2) is 0 Å². The highest BCUT2D eigenvalue weighted by atomic mass is 16.3. The molecule has 0 bridgehead atoms. The fraction of sp³-hybridized carbons (Fsp3) is 1.00. The number of likely N-dealkylation sites (tertiary alicyclic amines) is 1. The Hall–Kier alpha value is -0.0800. The second-order valence-corrected chi connectivity index (χ2v) is 7.21. The Balaban J connectivity index is 1.60. The summed E-state index contributed by atoms with van der Waals surface area (Å²) in [5.74, 6) is 1.54. The third kappa shape index (κ3) is 3.33. The van der Waals surface area contributed by atoms with Crippen LogP contribution in [0.5, 0.6) is 0 Å². The lowest BCUT2D eigenvalue weighted by molar-refractivity contribution is 0.0149. The molecule has 3 fully saturated rings. The van der Waals surface area contributed by atoms with Crippen LogP contribution in [-0.2, 0) is 0 Å². The molecule has 4 unspecified atom stereocenters. The SMILES string of the molecule is OC1CCCCCC1CN1CCCC2CCCCC21.